The van der Waals surface area contributed by atoms with Crippen LogP contribution >= 0.6 is 0 Å². The number of carbonyl (C=O) groups excluding carboxylic acids is 1. The van der Waals surface area contributed by atoms with E-state index in [0.29, 0.717) is 12.8 Å². The second kappa shape index (κ2) is 3.97. The first-order chi connectivity index (χ1) is 4.95. The summed E-state index contributed by atoms with van der Waals surface area (Å²) in [5.74, 6) is -0.0564. The summed E-state index contributed by atoms with van der Waals surface area (Å²) in [6.45, 7) is 5.74. The summed E-state index contributed by atoms with van der Waals surface area (Å²) in [5, 5.41) is 10.9. The van der Waals surface area contributed by atoms with E-state index in [9.17, 15) is 4.79 Å². The monoisotopic (exact) mass is 154 g/mol. The summed E-state index contributed by atoms with van der Waals surface area (Å²) in [7, 11) is 0. The average molecular weight is 154 g/mol. The minimum Gasteiger partial charge on any atom is -0.351 e. The zero-order valence-electron chi connectivity index (χ0n) is 7.27. The predicted molar refractivity (Wildman–Crippen MR) is 42.7 cm³/mol. The van der Waals surface area contributed by atoms with Crippen molar-refractivity contribution in [3.8, 4) is 6.07 Å². The Kier molecular flexibility index (Phi) is 3.59. The zero-order valence-corrected chi connectivity index (χ0v) is 7.27. The third kappa shape index (κ3) is 6.85. The smallest absolute Gasteiger partial charge is 0.221 e. The second-order valence-corrected chi connectivity index (χ2v) is 3.46. The molecule has 0 unspecified atom stereocenters. The van der Waals surface area contributed by atoms with Gasteiger partial charge in [-0.15, -0.1) is 0 Å². The third-order valence-electron chi connectivity index (χ3n) is 0.978. The molecule has 0 aliphatic carbocycles. The predicted octanol–water partition coefficient (Wildman–Crippen LogP) is 1.20. The minimum absolute atomic E-state index is 0.0564. The van der Waals surface area contributed by atoms with Gasteiger partial charge in [0.2, 0.25) is 5.91 Å². The zero-order chi connectivity index (χ0) is 8.91. The van der Waals surface area contributed by atoms with Crippen molar-refractivity contribution in [1.82, 2.24) is 5.32 Å². The van der Waals surface area contributed by atoms with Crippen LogP contribution in [0.15, 0.2) is 0 Å². The molecular formula is C8H14N2O. The van der Waals surface area contributed by atoms with Gasteiger partial charge in [0.05, 0.1) is 6.07 Å². The van der Waals surface area contributed by atoms with E-state index < -0.39 is 0 Å². The quantitative estimate of drug-likeness (QED) is 0.649. The van der Waals surface area contributed by atoms with Crippen LogP contribution in [0.5, 0.6) is 0 Å². The van der Waals surface area contributed by atoms with Crippen molar-refractivity contribution in [3.63, 3.8) is 0 Å². The Morgan fingerprint density at radius 2 is 2.09 bits per heavy atom. The van der Waals surface area contributed by atoms with Gasteiger partial charge in [-0.2, -0.15) is 5.26 Å². The molecule has 11 heavy (non-hydrogen) atoms. The van der Waals surface area contributed by atoms with Crippen molar-refractivity contribution in [1.29, 1.82) is 5.26 Å². The Hall–Kier alpha value is -1.04. The molecule has 0 aromatic rings. The molecule has 3 heteroatoms. The van der Waals surface area contributed by atoms with Crippen LogP contribution in [-0.4, -0.2) is 11.4 Å². The molecule has 0 heterocycles. The van der Waals surface area contributed by atoms with Gasteiger partial charge in [0.1, 0.15) is 0 Å². The molecule has 0 aliphatic rings. The van der Waals surface area contributed by atoms with Gasteiger partial charge >= 0.3 is 0 Å². The number of nitrogens with zero attached hydrogens (tertiary/aromatic N) is 1. The van der Waals surface area contributed by atoms with Gasteiger partial charge < -0.3 is 5.32 Å². The molecule has 1 amide bonds. The van der Waals surface area contributed by atoms with Gasteiger partial charge in [-0.25, -0.2) is 0 Å². The molecule has 62 valence electrons. The third-order valence-corrected chi connectivity index (χ3v) is 0.978. The highest BCUT2D eigenvalue weighted by Gasteiger charge is 2.12. The molecule has 0 bridgehead atoms. The first kappa shape index (κ1) is 9.96. The molecule has 0 atom stereocenters. The molecule has 3 nitrogen and oxygen atoms in total. The number of nitriles is 1. The summed E-state index contributed by atoms with van der Waals surface area (Å²) in [6, 6.07) is 1.92. The van der Waals surface area contributed by atoms with Crippen molar-refractivity contribution < 1.29 is 4.79 Å². The number of carbonyl (C=O) groups is 1. The first-order valence-corrected chi connectivity index (χ1v) is 3.63. The molecular weight excluding hydrogens is 140 g/mol. The number of amides is 1. The maximum absolute atomic E-state index is 11.0. The maximum Gasteiger partial charge on any atom is 0.221 e. The van der Waals surface area contributed by atoms with Crippen molar-refractivity contribution >= 4 is 5.91 Å². The van der Waals surface area contributed by atoms with Gasteiger partial charge in [-0.1, -0.05) is 0 Å². The maximum atomic E-state index is 11.0. The van der Waals surface area contributed by atoms with Crippen molar-refractivity contribution in [2.45, 2.75) is 39.2 Å². The topological polar surface area (TPSA) is 52.9 Å². The molecule has 0 radical (unpaired) electrons. The van der Waals surface area contributed by atoms with Crippen LogP contribution < -0.4 is 5.32 Å². The Labute approximate surface area is 67.4 Å². The molecule has 0 spiro atoms. The van der Waals surface area contributed by atoms with Crippen LogP contribution in [0.2, 0.25) is 0 Å². The van der Waals surface area contributed by atoms with Gasteiger partial charge in [0.15, 0.2) is 0 Å². The highest BCUT2D eigenvalue weighted by molar-refractivity contribution is 5.76. The summed E-state index contributed by atoms with van der Waals surface area (Å²) in [6.07, 6.45) is 0.593. The largest absolute Gasteiger partial charge is 0.351 e. The van der Waals surface area contributed by atoms with E-state index in [-0.39, 0.29) is 11.4 Å². The van der Waals surface area contributed by atoms with Gasteiger partial charge in [-0.05, 0) is 20.8 Å². The highest BCUT2D eigenvalue weighted by atomic mass is 16.1. The van der Waals surface area contributed by atoms with Crippen LogP contribution in [0, 0.1) is 11.3 Å². The fourth-order valence-electron chi connectivity index (χ4n) is 0.650. The molecule has 0 fully saturated rings. The second-order valence-electron chi connectivity index (χ2n) is 3.46. The summed E-state index contributed by atoms with van der Waals surface area (Å²) >= 11 is 0. The first-order valence-electron chi connectivity index (χ1n) is 3.63. The molecule has 0 aliphatic heterocycles. The van der Waals surface area contributed by atoms with Gasteiger partial charge in [0, 0.05) is 18.4 Å². The van der Waals surface area contributed by atoms with E-state index in [2.05, 4.69) is 5.32 Å². The Balaban J connectivity index is 3.64. The molecule has 1 N–H and O–H groups in total. The summed E-state index contributed by atoms with van der Waals surface area (Å²) in [4.78, 5) is 11.0. The Morgan fingerprint density at radius 3 is 2.45 bits per heavy atom. The van der Waals surface area contributed by atoms with Crippen molar-refractivity contribution in [2.24, 2.45) is 0 Å². The number of hydrogen-bond acceptors (Lipinski definition) is 2. The summed E-state index contributed by atoms with van der Waals surface area (Å²) in [5.41, 5.74) is -0.188. The standard InChI is InChI=1S/C8H14N2O/c1-8(2,3)10-7(11)5-4-6-9/h4-5H2,1-3H3,(H,10,11). The van der Waals surface area contributed by atoms with E-state index >= 15 is 0 Å². The average Bonchev–Trinajstić information content (AvgIpc) is 1.79. The van der Waals surface area contributed by atoms with Crippen LogP contribution in [0.1, 0.15) is 33.6 Å². The molecule has 0 saturated heterocycles. The van der Waals surface area contributed by atoms with Gasteiger partial charge in [-0.3, -0.25) is 4.79 Å². The summed E-state index contributed by atoms with van der Waals surface area (Å²) < 4.78 is 0. The Morgan fingerprint density at radius 1 is 1.55 bits per heavy atom. The van der Waals surface area contributed by atoms with Crippen LogP contribution in [0.4, 0.5) is 0 Å². The Bertz CT molecular complexity index is 174. The van der Waals surface area contributed by atoms with E-state index in [1.54, 1.807) is 0 Å². The lowest BCUT2D eigenvalue weighted by molar-refractivity contribution is -0.122. The minimum atomic E-state index is -0.188. The number of hydrogen-bond donors (Lipinski definition) is 1. The number of nitrogens with one attached hydrogen (secondary N) is 1. The number of rotatable bonds is 2. The van der Waals surface area contributed by atoms with E-state index in [4.69, 9.17) is 5.26 Å². The molecule has 0 aromatic heterocycles. The fraction of sp³-hybridized carbons (Fsp3) is 0.750. The lowest BCUT2D eigenvalue weighted by atomic mass is 10.1. The van der Waals surface area contributed by atoms with Crippen LogP contribution in [0.3, 0.4) is 0 Å². The normalized spacial score (nSPS) is 10.4. The highest BCUT2D eigenvalue weighted by Crippen LogP contribution is 1.99. The van der Waals surface area contributed by atoms with Crippen LogP contribution in [-0.2, 0) is 4.79 Å². The van der Waals surface area contributed by atoms with Crippen LogP contribution in [0.25, 0.3) is 0 Å². The van der Waals surface area contributed by atoms with Crippen molar-refractivity contribution in [3.05, 3.63) is 0 Å². The van der Waals surface area contributed by atoms with E-state index in [1.165, 1.54) is 0 Å². The molecule has 0 aromatic carbocycles. The SMILES string of the molecule is CC(C)(C)NC(=O)CCC#N. The lowest BCUT2D eigenvalue weighted by Crippen LogP contribution is -2.40. The van der Waals surface area contributed by atoms with E-state index in [0.717, 1.165) is 0 Å². The molecule has 0 rings (SSSR count). The van der Waals surface area contributed by atoms with E-state index in [1.807, 2.05) is 26.8 Å². The van der Waals surface area contributed by atoms with Crippen molar-refractivity contribution in [2.75, 3.05) is 0 Å². The molecule has 0 saturated carbocycles. The fourth-order valence-corrected chi connectivity index (χ4v) is 0.650. The van der Waals surface area contributed by atoms with Gasteiger partial charge in [0.25, 0.3) is 0 Å². The lowest BCUT2D eigenvalue weighted by Gasteiger charge is -2.19.